The molecule has 0 saturated heterocycles. The summed E-state index contributed by atoms with van der Waals surface area (Å²) in [6, 6.07) is 60.8. The summed E-state index contributed by atoms with van der Waals surface area (Å²) in [4.78, 5) is 0. The van der Waals surface area contributed by atoms with Crippen LogP contribution in [0.1, 0.15) is 27.9 Å². The van der Waals surface area contributed by atoms with Crippen LogP contribution in [-0.2, 0) is 17.0 Å². The van der Waals surface area contributed by atoms with E-state index in [-0.39, 0.29) is 10.9 Å². The number of hydrogen-bond donors (Lipinski definition) is 0. The molecule has 0 aliphatic rings. The highest BCUT2D eigenvalue weighted by atomic mass is 79.9. The van der Waals surface area contributed by atoms with Gasteiger partial charge < -0.3 is 0 Å². The van der Waals surface area contributed by atoms with Crippen LogP contribution in [0.25, 0.3) is 0 Å². The third-order valence-electron chi connectivity index (χ3n) is 8.16. The number of alkyl halides is 4. The molecule has 7 heteroatoms. The number of benzene rings is 6. The Hall–Kier alpha value is -4.77. The highest BCUT2D eigenvalue weighted by Gasteiger charge is 2.43. The SMILES string of the molecule is FC(F)(F)c1nn(C(c2ccccc2)(c2ccccc2)c2ccccc2)cc1CBr.c1ccc(P(c2ccccc2)c2ccccc2)cc1. The molecule has 0 atom stereocenters. The van der Waals surface area contributed by atoms with Crippen LogP contribution in [0.2, 0.25) is 0 Å². The molecule has 0 spiro atoms. The van der Waals surface area contributed by atoms with Crippen LogP contribution in [0.3, 0.4) is 0 Å². The third-order valence-corrected chi connectivity index (χ3v) is 11.2. The Labute approximate surface area is 294 Å². The first-order valence-electron chi connectivity index (χ1n) is 15.8. The molecule has 6 aromatic carbocycles. The molecule has 0 bridgehead atoms. The third kappa shape index (κ3) is 7.46. The van der Waals surface area contributed by atoms with E-state index in [0.717, 1.165) is 16.7 Å². The number of rotatable bonds is 8. The van der Waals surface area contributed by atoms with Crippen molar-refractivity contribution in [2.24, 2.45) is 0 Å². The van der Waals surface area contributed by atoms with E-state index in [4.69, 9.17) is 0 Å². The molecular formula is C42H33BrF3N2P. The fourth-order valence-electron chi connectivity index (χ4n) is 6.03. The van der Waals surface area contributed by atoms with Gasteiger partial charge in [-0.3, -0.25) is 4.68 Å². The molecule has 7 rings (SSSR count). The minimum absolute atomic E-state index is 0.0519. The number of nitrogens with zero attached hydrogens (tertiary/aromatic N) is 2. The van der Waals surface area contributed by atoms with Crippen LogP contribution < -0.4 is 15.9 Å². The normalized spacial score (nSPS) is 11.5. The van der Waals surface area contributed by atoms with Gasteiger partial charge in [-0.1, -0.05) is 198 Å². The summed E-state index contributed by atoms with van der Waals surface area (Å²) in [6.07, 6.45) is -3.06. The molecule has 1 heterocycles. The highest BCUT2D eigenvalue weighted by Crippen LogP contribution is 2.42. The van der Waals surface area contributed by atoms with Crippen LogP contribution in [0.15, 0.2) is 188 Å². The number of aromatic nitrogens is 2. The molecule has 0 saturated carbocycles. The molecule has 0 radical (unpaired) electrons. The van der Waals surface area contributed by atoms with Gasteiger partial charge in [0.05, 0.1) is 0 Å². The van der Waals surface area contributed by atoms with Crippen molar-refractivity contribution in [1.82, 2.24) is 9.78 Å². The lowest BCUT2D eigenvalue weighted by atomic mass is 9.77. The maximum Gasteiger partial charge on any atom is 0.435 e. The number of halogens is 4. The second-order valence-electron chi connectivity index (χ2n) is 11.2. The van der Waals surface area contributed by atoms with Crippen LogP contribution in [0.4, 0.5) is 13.2 Å². The van der Waals surface area contributed by atoms with Gasteiger partial charge >= 0.3 is 6.18 Å². The average Bonchev–Trinajstić information content (AvgIpc) is 3.61. The van der Waals surface area contributed by atoms with E-state index in [2.05, 4.69) is 112 Å². The Morgan fingerprint density at radius 2 is 0.796 bits per heavy atom. The molecular weight excluding hydrogens is 700 g/mol. The first kappa shape index (κ1) is 34.1. The number of hydrogen-bond acceptors (Lipinski definition) is 1. The molecule has 7 aromatic rings. The minimum Gasteiger partial charge on any atom is -0.252 e. The molecule has 49 heavy (non-hydrogen) atoms. The fourth-order valence-corrected chi connectivity index (χ4v) is 8.75. The molecule has 1 aromatic heterocycles. The summed E-state index contributed by atoms with van der Waals surface area (Å²) >= 11 is 3.20. The molecule has 0 amide bonds. The minimum atomic E-state index is -4.55. The zero-order chi connectivity index (χ0) is 34.1. The lowest BCUT2D eigenvalue weighted by Crippen LogP contribution is -2.38. The Kier molecular flexibility index (Phi) is 10.9. The van der Waals surface area contributed by atoms with Crippen molar-refractivity contribution in [1.29, 1.82) is 0 Å². The van der Waals surface area contributed by atoms with Gasteiger partial charge in [-0.25, -0.2) is 0 Å². The van der Waals surface area contributed by atoms with Crippen LogP contribution >= 0.6 is 23.9 Å². The predicted octanol–water partition coefficient (Wildman–Crippen LogP) is 10.1. The van der Waals surface area contributed by atoms with Crippen molar-refractivity contribution in [2.45, 2.75) is 17.0 Å². The Balaban J connectivity index is 0.000000188. The van der Waals surface area contributed by atoms with Gasteiger partial charge in [0.15, 0.2) is 5.69 Å². The standard InChI is InChI=1S/C24H18BrF3N2.C18H15P/c25-16-18-17-30(29-22(18)24(26,27)28)23(19-10-4-1-5-11-19,20-12-6-2-7-13-20)21-14-8-3-9-15-21;1-4-10-16(11-5-1)19(17-12-6-2-7-13-17)18-14-8-3-9-15-18/h1-15,17H,16H2;1-15H. The lowest BCUT2D eigenvalue weighted by Gasteiger charge is -2.36. The Morgan fingerprint density at radius 1 is 0.490 bits per heavy atom. The lowest BCUT2D eigenvalue weighted by molar-refractivity contribution is -0.142. The van der Waals surface area contributed by atoms with Gasteiger partial charge in [-0.15, -0.1) is 0 Å². The smallest absolute Gasteiger partial charge is 0.252 e. The first-order valence-corrected chi connectivity index (χ1v) is 18.2. The highest BCUT2D eigenvalue weighted by molar-refractivity contribution is 9.08. The fraction of sp³-hybridized carbons (Fsp3) is 0.0714. The van der Waals surface area contributed by atoms with E-state index in [9.17, 15) is 13.2 Å². The summed E-state index contributed by atoms with van der Waals surface area (Å²) in [5.74, 6) is 0. The van der Waals surface area contributed by atoms with E-state index >= 15 is 0 Å². The van der Waals surface area contributed by atoms with E-state index in [1.165, 1.54) is 26.8 Å². The van der Waals surface area contributed by atoms with Crippen LogP contribution in [-0.4, -0.2) is 9.78 Å². The molecule has 244 valence electrons. The zero-order valence-corrected chi connectivity index (χ0v) is 28.9. The molecule has 0 N–H and O–H groups in total. The van der Waals surface area contributed by atoms with Gasteiger partial charge in [0.1, 0.15) is 5.54 Å². The Morgan fingerprint density at radius 3 is 1.06 bits per heavy atom. The molecule has 0 aliphatic carbocycles. The van der Waals surface area contributed by atoms with Crippen molar-refractivity contribution in [3.05, 3.63) is 216 Å². The quantitative estimate of drug-likeness (QED) is 0.0864. The second kappa shape index (κ2) is 15.6. The molecule has 0 fully saturated rings. The molecule has 2 nitrogen and oxygen atoms in total. The van der Waals surface area contributed by atoms with E-state index in [0.29, 0.717) is 0 Å². The topological polar surface area (TPSA) is 17.8 Å². The van der Waals surface area contributed by atoms with Crippen LogP contribution in [0, 0.1) is 0 Å². The second-order valence-corrected chi connectivity index (χ2v) is 14.0. The van der Waals surface area contributed by atoms with Crippen molar-refractivity contribution < 1.29 is 13.2 Å². The summed E-state index contributed by atoms with van der Waals surface area (Å²) in [5, 5.41) is 8.36. The van der Waals surface area contributed by atoms with Crippen molar-refractivity contribution in [2.75, 3.05) is 0 Å². The molecule has 0 aliphatic heterocycles. The van der Waals surface area contributed by atoms with Gasteiger partial charge in [0, 0.05) is 17.1 Å². The summed E-state index contributed by atoms with van der Waals surface area (Å²) in [5.41, 5.74) is 0.602. The van der Waals surface area contributed by atoms with Crippen molar-refractivity contribution in [3.8, 4) is 0 Å². The molecule has 0 unspecified atom stereocenters. The maximum atomic E-state index is 13.7. The van der Waals surface area contributed by atoms with Gasteiger partial charge in [-0.2, -0.15) is 18.3 Å². The summed E-state index contributed by atoms with van der Waals surface area (Å²) < 4.78 is 42.7. The van der Waals surface area contributed by atoms with Crippen LogP contribution in [0.5, 0.6) is 0 Å². The van der Waals surface area contributed by atoms with Gasteiger partial charge in [-0.05, 0) is 40.5 Å². The maximum absolute atomic E-state index is 13.7. The predicted molar refractivity (Wildman–Crippen MR) is 200 cm³/mol. The van der Waals surface area contributed by atoms with Crippen molar-refractivity contribution in [3.63, 3.8) is 0 Å². The van der Waals surface area contributed by atoms with E-state index in [1.807, 2.05) is 91.0 Å². The Bertz CT molecular complexity index is 1830. The summed E-state index contributed by atoms with van der Waals surface area (Å²) in [7, 11) is -0.446. The average molecular weight is 734 g/mol. The largest absolute Gasteiger partial charge is 0.435 e. The summed E-state index contributed by atoms with van der Waals surface area (Å²) in [6.45, 7) is 0. The van der Waals surface area contributed by atoms with E-state index < -0.39 is 25.3 Å². The van der Waals surface area contributed by atoms with Gasteiger partial charge in [0.2, 0.25) is 0 Å². The first-order chi connectivity index (χ1) is 23.9. The van der Waals surface area contributed by atoms with Crippen molar-refractivity contribution >= 4 is 39.8 Å². The zero-order valence-electron chi connectivity index (χ0n) is 26.5. The monoisotopic (exact) mass is 732 g/mol. The van der Waals surface area contributed by atoms with E-state index in [1.54, 1.807) is 0 Å². The van der Waals surface area contributed by atoms with Gasteiger partial charge in [0.25, 0.3) is 0 Å².